The monoisotopic (exact) mass is 214 g/mol. The van der Waals surface area contributed by atoms with Crippen molar-refractivity contribution in [3.05, 3.63) is 0 Å². The normalized spacial score (nSPS) is 18.3. The molecule has 0 bridgehead atoms. The second kappa shape index (κ2) is 5.47. The van der Waals surface area contributed by atoms with Gasteiger partial charge in [-0.15, -0.1) is 0 Å². The topological polar surface area (TPSA) is 41.6 Å². The van der Waals surface area contributed by atoms with Crippen LogP contribution in [0.2, 0.25) is 0 Å². The fraction of sp³-hybridized carbons (Fsp3) is 0.909. The summed E-state index contributed by atoms with van der Waals surface area (Å²) in [5.41, 5.74) is 0. The molecule has 0 aromatic heterocycles. The lowest BCUT2D eigenvalue weighted by Gasteiger charge is -2.24. The zero-order valence-corrected chi connectivity index (χ0v) is 10.1. The number of hydrogen-bond donors (Lipinski definition) is 1. The van der Waals surface area contributed by atoms with E-state index in [0.29, 0.717) is 12.1 Å². The van der Waals surface area contributed by atoms with Crippen LogP contribution in [0.25, 0.3) is 0 Å². The standard InChI is InChI=1S/C11H22N2O2/c1-8(2)12-10(11(14)15-4)7-13(3)9-5-6-9/h8-10,12H,5-7H2,1-4H3. The lowest BCUT2D eigenvalue weighted by molar-refractivity contribution is -0.143. The van der Waals surface area contributed by atoms with E-state index in [1.54, 1.807) is 0 Å². The van der Waals surface area contributed by atoms with Crippen LogP contribution < -0.4 is 5.32 Å². The van der Waals surface area contributed by atoms with Crippen molar-refractivity contribution >= 4 is 5.97 Å². The minimum Gasteiger partial charge on any atom is -0.468 e. The highest BCUT2D eigenvalue weighted by Crippen LogP contribution is 2.25. The predicted molar refractivity (Wildman–Crippen MR) is 59.7 cm³/mol. The number of nitrogens with one attached hydrogen (secondary N) is 1. The second-order valence-corrected chi connectivity index (χ2v) is 4.57. The Balaban J connectivity index is 2.43. The number of carbonyl (C=O) groups is 1. The number of likely N-dealkylation sites (N-methyl/N-ethyl adjacent to an activating group) is 1. The molecule has 1 atom stereocenters. The number of carbonyl (C=O) groups excluding carboxylic acids is 1. The number of esters is 1. The van der Waals surface area contributed by atoms with Crippen LogP contribution >= 0.6 is 0 Å². The van der Waals surface area contributed by atoms with Crippen LogP contribution in [0.1, 0.15) is 26.7 Å². The molecule has 1 aliphatic carbocycles. The third kappa shape index (κ3) is 4.18. The first kappa shape index (κ1) is 12.5. The zero-order valence-electron chi connectivity index (χ0n) is 10.1. The average molecular weight is 214 g/mol. The molecule has 0 heterocycles. The van der Waals surface area contributed by atoms with Gasteiger partial charge in [0.1, 0.15) is 6.04 Å². The number of ether oxygens (including phenoxy) is 1. The molecule has 0 aromatic carbocycles. The first-order valence-corrected chi connectivity index (χ1v) is 5.58. The maximum Gasteiger partial charge on any atom is 0.324 e. The summed E-state index contributed by atoms with van der Waals surface area (Å²) >= 11 is 0. The van der Waals surface area contributed by atoms with Gasteiger partial charge in [-0.3, -0.25) is 4.79 Å². The molecule has 0 radical (unpaired) electrons. The lowest BCUT2D eigenvalue weighted by Crippen LogP contribution is -2.48. The van der Waals surface area contributed by atoms with Gasteiger partial charge in [0.15, 0.2) is 0 Å². The van der Waals surface area contributed by atoms with Gasteiger partial charge in [-0.05, 0) is 19.9 Å². The molecule has 0 spiro atoms. The molecule has 4 nitrogen and oxygen atoms in total. The Hall–Kier alpha value is -0.610. The van der Waals surface area contributed by atoms with Crippen molar-refractivity contribution < 1.29 is 9.53 Å². The van der Waals surface area contributed by atoms with E-state index < -0.39 is 0 Å². The van der Waals surface area contributed by atoms with Crippen molar-refractivity contribution in [1.82, 2.24) is 10.2 Å². The van der Waals surface area contributed by atoms with E-state index in [4.69, 9.17) is 4.74 Å². The molecule has 1 rings (SSSR count). The van der Waals surface area contributed by atoms with Crippen LogP contribution in [0.3, 0.4) is 0 Å². The molecule has 1 saturated carbocycles. The van der Waals surface area contributed by atoms with Gasteiger partial charge in [0.25, 0.3) is 0 Å². The van der Waals surface area contributed by atoms with Crippen LogP contribution in [0, 0.1) is 0 Å². The third-order valence-electron chi connectivity index (χ3n) is 2.66. The Morgan fingerprint density at radius 2 is 2.13 bits per heavy atom. The molecule has 1 aliphatic rings. The van der Waals surface area contributed by atoms with Gasteiger partial charge in [0, 0.05) is 18.6 Å². The highest BCUT2D eigenvalue weighted by atomic mass is 16.5. The van der Waals surface area contributed by atoms with Gasteiger partial charge in [-0.25, -0.2) is 0 Å². The van der Waals surface area contributed by atoms with Crippen molar-refractivity contribution in [3.63, 3.8) is 0 Å². The van der Waals surface area contributed by atoms with Crippen LogP contribution in [-0.4, -0.2) is 49.7 Å². The van der Waals surface area contributed by atoms with Crippen LogP contribution in [0.15, 0.2) is 0 Å². The van der Waals surface area contributed by atoms with Gasteiger partial charge in [0.05, 0.1) is 7.11 Å². The molecule has 0 saturated heterocycles. The van der Waals surface area contributed by atoms with Crippen LogP contribution in [0.4, 0.5) is 0 Å². The molecule has 0 aromatic rings. The first-order valence-electron chi connectivity index (χ1n) is 5.58. The van der Waals surface area contributed by atoms with Crippen molar-refractivity contribution in [2.45, 2.75) is 44.8 Å². The molecular formula is C11H22N2O2. The van der Waals surface area contributed by atoms with Crippen LogP contribution in [-0.2, 0) is 9.53 Å². The number of rotatable bonds is 6. The molecule has 15 heavy (non-hydrogen) atoms. The van der Waals surface area contributed by atoms with E-state index in [0.717, 1.165) is 6.54 Å². The maximum absolute atomic E-state index is 11.5. The molecule has 0 aliphatic heterocycles. The minimum absolute atomic E-state index is 0.170. The summed E-state index contributed by atoms with van der Waals surface area (Å²) < 4.78 is 4.79. The van der Waals surface area contributed by atoms with E-state index in [1.165, 1.54) is 20.0 Å². The van der Waals surface area contributed by atoms with Crippen molar-refractivity contribution in [1.29, 1.82) is 0 Å². The first-order chi connectivity index (χ1) is 7.04. The summed E-state index contributed by atoms with van der Waals surface area (Å²) in [5, 5.41) is 3.23. The zero-order chi connectivity index (χ0) is 11.4. The van der Waals surface area contributed by atoms with Crippen molar-refractivity contribution in [2.24, 2.45) is 0 Å². The molecule has 1 N–H and O–H groups in total. The Kier molecular flexibility index (Phi) is 4.54. The van der Waals surface area contributed by atoms with Gasteiger partial charge < -0.3 is 15.0 Å². The SMILES string of the molecule is COC(=O)C(CN(C)C1CC1)NC(C)C. The highest BCUT2D eigenvalue weighted by Gasteiger charge is 2.30. The number of hydrogen-bond acceptors (Lipinski definition) is 4. The van der Waals surface area contributed by atoms with Gasteiger partial charge in [-0.1, -0.05) is 13.8 Å². The smallest absolute Gasteiger partial charge is 0.324 e. The number of methoxy groups -OCH3 is 1. The molecular weight excluding hydrogens is 192 g/mol. The molecule has 1 unspecified atom stereocenters. The lowest BCUT2D eigenvalue weighted by atomic mass is 10.2. The van der Waals surface area contributed by atoms with E-state index in [1.807, 2.05) is 13.8 Å². The third-order valence-corrected chi connectivity index (χ3v) is 2.66. The minimum atomic E-state index is -0.208. The Morgan fingerprint density at radius 1 is 1.53 bits per heavy atom. The fourth-order valence-corrected chi connectivity index (χ4v) is 1.69. The molecule has 1 fully saturated rings. The van der Waals surface area contributed by atoms with E-state index in [2.05, 4.69) is 17.3 Å². The van der Waals surface area contributed by atoms with Gasteiger partial charge in [0.2, 0.25) is 0 Å². The summed E-state index contributed by atoms with van der Waals surface area (Å²) in [6.45, 7) is 4.80. The summed E-state index contributed by atoms with van der Waals surface area (Å²) in [7, 11) is 3.50. The highest BCUT2D eigenvalue weighted by molar-refractivity contribution is 5.76. The maximum atomic E-state index is 11.5. The molecule has 4 heteroatoms. The molecule has 88 valence electrons. The van der Waals surface area contributed by atoms with Crippen molar-refractivity contribution in [3.8, 4) is 0 Å². The Labute approximate surface area is 92.0 Å². The van der Waals surface area contributed by atoms with Crippen LogP contribution in [0.5, 0.6) is 0 Å². The van der Waals surface area contributed by atoms with E-state index in [-0.39, 0.29) is 12.0 Å². The predicted octanol–water partition coefficient (Wildman–Crippen LogP) is 0.620. The van der Waals surface area contributed by atoms with Gasteiger partial charge in [-0.2, -0.15) is 0 Å². The Morgan fingerprint density at radius 3 is 2.53 bits per heavy atom. The average Bonchev–Trinajstić information content (AvgIpc) is 2.97. The largest absolute Gasteiger partial charge is 0.468 e. The van der Waals surface area contributed by atoms with Gasteiger partial charge >= 0.3 is 5.97 Å². The van der Waals surface area contributed by atoms with E-state index >= 15 is 0 Å². The summed E-state index contributed by atoms with van der Waals surface area (Å²) in [6.07, 6.45) is 2.51. The summed E-state index contributed by atoms with van der Waals surface area (Å²) in [6, 6.07) is 0.758. The Bertz CT molecular complexity index is 215. The second-order valence-electron chi connectivity index (χ2n) is 4.57. The summed E-state index contributed by atoms with van der Waals surface area (Å²) in [5.74, 6) is -0.170. The van der Waals surface area contributed by atoms with E-state index in [9.17, 15) is 4.79 Å². The van der Waals surface area contributed by atoms with Crippen molar-refractivity contribution in [2.75, 3.05) is 20.7 Å². The summed E-state index contributed by atoms with van der Waals surface area (Å²) in [4.78, 5) is 13.7. The number of nitrogens with zero attached hydrogens (tertiary/aromatic N) is 1. The fourth-order valence-electron chi connectivity index (χ4n) is 1.69. The quantitative estimate of drug-likeness (QED) is 0.658. The molecule has 0 amide bonds.